The molecule has 0 amide bonds. The van der Waals surface area contributed by atoms with Crippen LogP contribution in [0.4, 0.5) is 10.1 Å². The van der Waals surface area contributed by atoms with Crippen molar-refractivity contribution < 1.29 is 4.39 Å². The summed E-state index contributed by atoms with van der Waals surface area (Å²) in [5.41, 5.74) is 3.35. The average molecular weight is 306 g/mol. The molecular weight excluding hydrogens is 287 g/mol. The van der Waals surface area contributed by atoms with Crippen LogP contribution in [0.3, 0.4) is 0 Å². The Morgan fingerprint density at radius 2 is 1.48 bits per heavy atom. The summed E-state index contributed by atoms with van der Waals surface area (Å²) in [5, 5.41) is 3.28. The van der Waals surface area contributed by atoms with Crippen molar-refractivity contribution >= 4 is 5.69 Å². The lowest BCUT2D eigenvalue weighted by Gasteiger charge is -2.18. The highest BCUT2D eigenvalue weighted by atomic mass is 19.1. The van der Waals surface area contributed by atoms with Gasteiger partial charge in [-0.25, -0.2) is 4.98 Å². The maximum absolute atomic E-state index is 13.1. The molecule has 3 rings (SSSR count). The SMILES string of the molecule is Fc1cc(NCCC(c2ccccc2)c2ccccc2)ccn1. The maximum Gasteiger partial charge on any atom is 0.214 e. The van der Waals surface area contributed by atoms with Crippen LogP contribution in [0.5, 0.6) is 0 Å². The third kappa shape index (κ3) is 4.16. The van der Waals surface area contributed by atoms with Gasteiger partial charge in [0, 0.05) is 30.4 Å². The monoisotopic (exact) mass is 306 g/mol. The van der Waals surface area contributed by atoms with Crippen LogP contribution in [-0.4, -0.2) is 11.5 Å². The van der Waals surface area contributed by atoms with E-state index >= 15 is 0 Å². The normalized spacial score (nSPS) is 10.7. The Hall–Kier alpha value is -2.68. The second-order valence-electron chi connectivity index (χ2n) is 5.46. The van der Waals surface area contributed by atoms with E-state index in [1.54, 1.807) is 6.07 Å². The van der Waals surface area contributed by atoms with Crippen LogP contribution in [0.1, 0.15) is 23.5 Å². The molecule has 23 heavy (non-hydrogen) atoms. The van der Waals surface area contributed by atoms with Crippen LogP contribution >= 0.6 is 0 Å². The van der Waals surface area contributed by atoms with Crippen molar-refractivity contribution in [3.05, 3.63) is 96.1 Å². The number of hydrogen-bond acceptors (Lipinski definition) is 2. The Balaban J connectivity index is 1.72. The van der Waals surface area contributed by atoms with Crippen LogP contribution in [0.25, 0.3) is 0 Å². The van der Waals surface area contributed by atoms with Crippen molar-refractivity contribution in [1.82, 2.24) is 4.98 Å². The van der Waals surface area contributed by atoms with E-state index in [1.165, 1.54) is 23.4 Å². The van der Waals surface area contributed by atoms with E-state index in [4.69, 9.17) is 0 Å². The molecule has 0 atom stereocenters. The lowest BCUT2D eigenvalue weighted by Crippen LogP contribution is -2.09. The van der Waals surface area contributed by atoms with E-state index < -0.39 is 5.95 Å². The molecule has 0 saturated heterocycles. The van der Waals surface area contributed by atoms with Gasteiger partial charge in [-0.2, -0.15) is 4.39 Å². The van der Waals surface area contributed by atoms with E-state index in [9.17, 15) is 4.39 Å². The smallest absolute Gasteiger partial charge is 0.214 e. The van der Waals surface area contributed by atoms with Gasteiger partial charge >= 0.3 is 0 Å². The topological polar surface area (TPSA) is 24.9 Å². The van der Waals surface area contributed by atoms with Gasteiger partial charge < -0.3 is 5.32 Å². The Morgan fingerprint density at radius 3 is 2.04 bits per heavy atom. The molecule has 3 heteroatoms. The Kier molecular flexibility index (Phi) is 4.99. The maximum atomic E-state index is 13.1. The predicted molar refractivity (Wildman–Crippen MR) is 92.0 cm³/mol. The fraction of sp³-hybridized carbons (Fsp3) is 0.150. The van der Waals surface area contributed by atoms with Crippen molar-refractivity contribution in [3.8, 4) is 0 Å². The molecule has 0 bridgehead atoms. The van der Waals surface area contributed by atoms with Gasteiger partial charge in [0.05, 0.1) is 0 Å². The Morgan fingerprint density at radius 1 is 0.870 bits per heavy atom. The molecule has 0 spiro atoms. The molecule has 3 aromatic rings. The highest BCUT2D eigenvalue weighted by molar-refractivity contribution is 5.41. The highest BCUT2D eigenvalue weighted by Gasteiger charge is 2.13. The largest absolute Gasteiger partial charge is 0.385 e. The van der Waals surface area contributed by atoms with Crippen LogP contribution in [0, 0.1) is 5.95 Å². The number of pyridine rings is 1. The first-order valence-corrected chi connectivity index (χ1v) is 7.78. The summed E-state index contributed by atoms with van der Waals surface area (Å²) in [4.78, 5) is 3.57. The Bertz CT molecular complexity index is 689. The van der Waals surface area contributed by atoms with Crippen LogP contribution in [0.15, 0.2) is 79.0 Å². The van der Waals surface area contributed by atoms with Crippen LogP contribution in [-0.2, 0) is 0 Å². The number of hydrogen-bond donors (Lipinski definition) is 1. The minimum absolute atomic E-state index is 0.316. The highest BCUT2D eigenvalue weighted by Crippen LogP contribution is 2.27. The number of benzene rings is 2. The van der Waals surface area contributed by atoms with Crippen molar-refractivity contribution in [2.45, 2.75) is 12.3 Å². The van der Waals surface area contributed by atoms with Crippen molar-refractivity contribution in [3.63, 3.8) is 0 Å². The number of nitrogens with zero attached hydrogens (tertiary/aromatic N) is 1. The molecule has 2 aromatic carbocycles. The number of rotatable bonds is 6. The quantitative estimate of drug-likeness (QED) is 0.658. The second-order valence-corrected chi connectivity index (χ2v) is 5.46. The molecule has 0 fully saturated rings. The molecule has 0 saturated carbocycles. The molecule has 0 aliphatic rings. The van der Waals surface area contributed by atoms with Crippen molar-refractivity contribution in [2.24, 2.45) is 0 Å². The van der Waals surface area contributed by atoms with Gasteiger partial charge in [0.25, 0.3) is 0 Å². The average Bonchev–Trinajstić information content (AvgIpc) is 2.60. The summed E-state index contributed by atoms with van der Waals surface area (Å²) in [7, 11) is 0. The molecular formula is C20H19FN2. The van der Waals surface area contributed by atoms with Gasteiger partial charge in [-0.05, 0) is 23.6 Å². The fourth-order valence-electron chi connectivity index (χ4n) is 2.77. The van der Waals surface area contributed by atoms with E-state index in [-0.39, 0.29) is 0 Å². The summed E-state index contributed by atoms with van der Waals surface area (Å²) in [6, 6.07) is 24.2. The van der Waals surface area contributed by atoms with Crippen LogP contribution < -0.4 is 5.32 Å². The number of aromatic nitrogens is 1. The first-order valence-electron chi connectivity index (χ1n) is 7.78. The van der Waals surface area contributed by atoms with Gasteiger partial charge in [0.15, 0.2) is 0 Å². The summed E-state index contributed by atoms with van der Waals surface area (Å²) < 4.78 is 13.1. The third-order valence-electron chi connectivity index (χ3n) is 3.89. The van der Waals surface area contributed by atoms with Crippen molar-refractivity contribution in [2.75, 3.05) is 11.9 Å². The van der Waals surface area contributed by atoms with Gasteiger partial charge in [-0.3, -0.25) is 0 Å². The third-order valence-corrected chi connectivity index (χ3v) is 3.89. The molecule has 116 valence electrons. The molecule has 1 aromatic heterocycles. The van der Waals surface area contributed by atoms with Gasteiger partial charge in [-0.15, -0.1) is 0 Å². The minimum Gasteiger partial charge on any atom is -0.385 e. The molecule has 1 N–H and O–H groups in total. The van der Waals surface area contributed by atoms with E-state index in [0.717, 1.165) is 18.7 Å². The van der Waals surface area contributed by atoms with Crippen molar-refractivity contribution in [1.29, 1.82) is 0 Å². The zero-order valence-corrected chi connectivity index (χ0v) is 12.8. The number of halogens is 1. The van der Waals surface area contributed by atoms with E-state index in [0.29, 0.717) is 5.92 Å². The summed E-state index contributed by atoms with van der Waals surface area (Å²) in [5.74, 6) is -0.144. The summed E-state index contributed by atoms with van der Waals surface area (Å²) in [6.07, 6.45) is 2.40. The van der Waals surface area contributed by atoms with Gasteiger partial charge in [-0.1, -0.05) is 60.7 Å². The minimum atomic E-state index is -0.460. The molecule has 0 aliphatic carbocycles. The zero-order valence-electron chi connectivity index (χ0n) is 12.8. The molecule has 2 nitrogen and oxygen atoms in total. The summed E-state index contributed by atoms with van der Waals surface area (Å²) >= 11 is 0. The first-order chi connectivity index (χ1) is 11.3. The van der Waals surface area contributed by atoms with Gasteiger partial charge in [0.1, 0.15) is 0 Å². The first kappa shape index (κ1) is 15.2. The molecule has 1 heterocycles. The lowest BCUT2D eigenvalue weighted by atomic mass is 9.88. The van der Waals surface area contributed by atoms with Gasteiger partial charge in [0.2, 0.25) is 5.95 Å². The number of nitrogens with one attached hydrogen (secondary N) is 1. The standard InChI is InChI=1S/C20H19FN2/c21-20-15-18(11-13-23-20)22-14-12-19(16-7-3-1-4-8-16)17-9-5-2-6-10-17/h1-11,13,15,19H,12,14H2,(H,22,23). The predicted octanol–water partition coefficient (Wildman–Crippen LogP) is 4.85. The molecule has 0 aliphatic heterocycles. The Labute approximate surface area is 136 Å². The van der Waals surface area contributed by atoms with Crippen LogP contribution in [0.2, 0.25) is 0 Å². The molecule has 0 unspecified atom stereocenters. The second kappa shape index (κ2) is 7.54. The fourth-order valence-corrected chi connectivity index (χ4v) is 2.77. The summed E-state index contributed by atoms with van der Waals surface area (Å²) in [6.45, 7) is 0.762. The number of anilines is 1. The van der Waals surface area contributed by atoms with E-state index in [1.807, 2.05) is 12.1 Å². The van der Waals surface area contributed by atoms with E-state index in [2.05, 4.69) is 58.8 Å². The lowest BCUT2D eigenvalue weighted by molar-refractivity contribution is 0.584. The molecule has 0 radical (unpaired) electrons. The zero-order chi connectivity index (χ0) is 15.9.